The Balaban J connectivity index is 0.00000338. The highest BCUT2D eigenvalue weighted by Crippen LogP contribution is 2.22. The first-order chi connectivity index (χ1) is 12.1. The second kappa shape index (κ2) is 12.9. The number of aliphatic imine (C=N–C) groups is 1. The monoisotopic (exact) mass is 538 g/mol. The smallest absolute Gasteiger partial charge is 0.191 e. The maximum Gasteiger partial charge on any atom is 0.191 e. The maximum atomic E-state index is 9.56. The Morgan fingerprint density at radius 2 is 2.04 bits per heavy atom. The van der Waals surface area contributed by atoms with Gasteiger partial charge >= 0.3 is 0 Å². The van der Waals surface area contributed by atoms with Crippen molar-refractivity contribution in [3.8, 4) is 0 Å². The molecule has 1 aliphatic heterocycles. The lowest BCUT2D eigenvalue weighted by Gasteiger charge is -2.29. The largest absolute Gasteiger partial charge is 0.393 e. The van der Waals surface area contributed by atoms with E-state index >= 15 is 0 Å². The minimum absolute atomic E-state index is 0. The number of benzene rings is 1. The molecule has 0 radical (unpaired) electrons. The number of nitrogens with one attached hydrogen (secondary N) is 2. The Labute approximate surface area is 183 Å². The average Bonchev–Trinajstić information content (AvgIpc) is 2.60. The van der Waals surface area contributed by atoms with Crippen LogP contribution >= 0.6 is 39.9 Å². The molecule has 0 saturated carbocycles. The fourth-order valence-corrected chi connectivity index (χ4v) is 3.69. The zero-order valence-corrected chi connectivity index (χ0v) is 19.7. The molecule has 26 heavy (non-hydrogen) atoms. The molecule has 2 rings (SSSR count). The summed E-state index contributed by atoms with van der Waals surface area (Å²) in [5.74, 6) is 0.861. The number of piperidine rings is 1. The van der Waals surface area contributed by atoms with Gasteiger partial charge in [-0.2, -0.15) is 0 Å². The van der Waals surface area contributed by atoms with E-state index < -0.39 is 0 Å². The van der Waals surface area contributed by atoms with Crippen molar-refractivity contribution in [3.05, 3.63) is 34.3 Å². The lowest BCUT2D eigenvalue weighted by molar-refractivity contribution is 0.0824. The third-order valence-electron chi connectivity index (χ3n) is 4.53. The van der Waals surface area contributed by atoms with Crippen molar-refractivity contribution in [1.29, 1.82) is 0 Å². The van der Waals surface area contributed by atoms with Gasteiger partial charge in [0.2, 0.25) is 0 Å². The summed E-state index contributed by atoms with van der Waals surface area (Å²) in [5, 5.41) is 16.4. The summed E-state index contributed by atoms with van der Waals surface area (Å²) in [4.78, 5) is 7.13. The molecule has 0 spiro atoms. The number of hydrogen-bond acceptors (Lipinski definition) is 3. The predicted molar refractivity (Wildman–Crippen MR) is 123 cm³/mol. The number of rotatable bonds is 7. The van der Waals surface area contributed by atoms with Crippen molar-refractivity contribution in [2.75, 3.05) is 32.7 Å². The van der Waals surface area contributed by atoms with Crippen LogP contribution in [0.1, 0.15) is 44.7 Å². The molecule has 7 heteroatoms. The van der Waals surface area contributed by atoms with E-state index in [2.05, 4.69) is 63.5 Å². The van der Waals surface area contributed by atoms with Crippen molar-refractivity contribution >= 4 is 45.9 Å². The van der Waals surface area contributed by atoms with Crippen molar-refractivity contribution in [3.63, 3.8) is 0 Å². The van der Waals surface area contributed by atoms with E-state index in [9.17, 15) is 5.11 Å². The molecule has 1 heterocycles. The summed E-state index contributed by atoms with van der Waals surface area (Å²) in [6, 6.07) is 8.44. The second-order valence-corrected chi connectivity index (χ2v) is 7.43. The Bertz CT molecular complexity index is 550. The minimum atomic E-state index is -0.0994. The molecule has 5 nitrogen and oxygen atoms in total. The van der Waals surface area contributed by atoms with Crippen LogP contribution in [0.2, 0.25) is 0 Å². The second-order valence-electron chi connectivity index (χ2n) is 6.57. The molecule has 1 fully saturated rings. The van der Waals surface area contributed by atoms with E-state index in [1.54, 1.807) is 0 Å². The van der Waals surface area contributed by atoms with Crippen molar-refractivity contribution in [1.82, 2.24) is 15.5 Å². The minimum Gasteiger partial charge on any atom is -0.393 e. The van der Waals surface area contributed by atoms with Gasteiger partial charge in [-0.1, -0.05) is 34.1 Å². The first-order valence-corrected chi connectivity index (χ1v) is 10.1. The highest BCUT2D eigenvalue weighted by Gasteiger charge is 2.16. The fraction of sp³-hybridized carbons (Fsp3) is 0.632. The van der Waals surface area contributed by atoms with Crippen LogP contribution in [0.3, 0.4) is 0 Å². The van der Waals surface area contributed by atoms with Crippen molar-refractivity contribution in [2.24, 2.45) is 4.99 Å². The summed E-state index contributed by atoms with van der Waals surface area (Å²) in [6.07, 6.45) is 2.74. The number of guanidine groups is 1. The number of likely N-dealkylation sites (tertiary alicyclic amines) is 1. The highest BCUT2D eigenvalue weighted by molar-refractivity contribution is 14.0. The van der Waals surface area contributed by atoms with Gasteiger partial charge in [-0.25, -0.2) is 0 Å². The van der Waals surface area contributed by atoms with Gasteiger partial charge in [0.25, 0.3) is 0 Å². The topological polar surface area (TPSA) is 59.9 Å². The van der Waals surface area contributed by atoms with Gasteiger partial charge in [-0.05, 0) is 51.3 Å². The number of nitrogens with zero attached hydrogens (tertiary/aromatic N) is 2. The van der Waals surface area contributed by atoms with E-state index in [0.717, 1.165) is 62.4 Å². The van der Waals surface area contributed by atoms with E-state index in [4.69, 9.17) is 4.99 Å². The lowest BCUT2D eigenvalue weighted by Crippen LogP contribution is -2.39. The molecule has 3 N–H and O–H groups in total. The molecule has 0 aromatic heterocycles. The summed E-state index contributed by atoms with van der Waals surface area (Å²) in [6.45, 7) is 8.93. The Hall–Kier alpha value is -0.380. The zero-order valence-electron chi connectivity index (χ0n) is 15.7. The average molecular weight is 539 g/mol. The number of hydrogen-bond donors (Lipinski definition) is 3. The molecule has 0 amide bonds. The predicted octanol–water partition coefficient (Wildman–Crippen LogP) is 3.53. The maximum absolute atomic E-state index is 9.56. The highest BCUT2D eigenvalue weighted by atomic mass is 127. The quantitative estimate of drug-likeness (QED) is 0.215. The molecule has 148 valence electrons. The standard InChI is InChI=1S/C19H31BrN4O.HI/c1-3-21-19(23-15(2)17-7-4-5-8-18(17)20)22-11-6-12-24-13-9-16(25)10-14-24;/h4-5,7-8,15-16,25H,3,6,9-14H2,1-2H3,(H2,21,22,23);1H. The van der Waals surface area contributed by atoms with Crippen LogP contribution < -0.4 is 10.6 Å². The van der Waals surface area contributed by atoms with Gasteiger partial charge in [-0.15, -0.1) is 24.0 Å². The summed E-state index contributed by atoms with van der Waals surface area (Å²) in [7, 11) is 0. The Morgan fingerprint density at radius 3 is 2.69 bits per heavy atom. The van der Waals surface area contributed by atoms with Gasteiger partial charge < -0.3 is 20.6 Å². The Morgan fingerprint density at radius 1 is 1.35 bits per heavy atom. The van der Waals surface area contributed by atoms with E-state index in [0.29, 0.717) is 0 Å². The molecule has 1 saturated heterocycles. The van der Waals surface area contributed by atoms with Crippen molar-refractivity contribution in [2.45, 2.75) is 45.3 Å². The van der Waals surface area contributed by atoms with E-state index in [1.807, 2.05) is 6.07 Å². The van der Waals surface area contributed by atoms with Gasteiger partial charge in [0.15, 0.2) is 5.96 Å². The van der Waals surface area contributed by atoms with E-state index in [1.165, 1.54) is 5.56 Å². The van der Waals surface area contributed by atoms with Crippen molar-refractivity contribution < 1.29 is 5.11 Å². The molecule has 1 atom stereocenters. The molecule has 0 bridgehead atoms. The number of aliphatic hydroxyl groups excluding tert-OH is 1. The molecular formula is C19H32BrIN4O. The first-order valence-electron chi connectivity index (χ1n) is 9.29. The van der Waals surface area contributed by atoms with Crippen LogP contribution in [0.25, 0.3) is 0 Å². The van der Waals surface area contributed by atoms with Gasteiger partial charge in [0, 0.05) is 30.7 Å². The Kier molecular flexibility index (Phi) is 11.7. The van der Waals surface area contributed by atoms with Gasteiger partial charge in [0.1, 0.15) is 0 Å². The van der Waals surface area contributed by atoms with Crippen LogP contribution in [-0.2, 0) is 0 Å². The molecule has 1 unspecified atom stereocenters. The summed E-state index contributed by atoms with van der Waals surface area (Å²) >= 11 is 3.61. The molecule has 1 aromatic rings. The third kappa shape index (κ3) is 8.10. The summed E-state index contributed by atoms with van der Waals surface area (Å²) in [5.41, 5.74) is 1.22. The normalized spacial score (nSPS) is 17.5. The first kappa shape index (κ1) is 23.7. The third-order valence-corrected chi connectivity index (χ3v) is 5.25. The van der Waals surface area contributed by atoms with Crippen LogP contribution in [0.4, 0.5) is 0 Å². The van der Waals surface area contributed by atoms with E-state index in [-0.39, 0.29) is 36.1 Å². The van der Waals surface area contributed by atoms with Crippen LogP contribution in [0.15, 0.2) is 33.7 Å². The van der Waals surface area contributed by atoms with Crippen LogP contribution in [-0.4, -0.2) is 54.8 Å². The summed E-state index contributed by atoms with van der Waals surface area (Å²) < 4.78 is 1.11. The number of halogens is 2. The zero-order chi connectivity index (χ0) is 18.1. The molecular weight excluding hydrogens is 507 g/mol. The number of aliphatic hydroxyl groups is 1. The van der Waals surface area contributed by atoms with Crippen LogP contribution in [0.5, 0.6) is 0 Å². The molecule has 0 aliphatic carbocycles. The van der Waals surface area contributed by atoms with Gasteiger partial charge in [-0.3, -0.25) is 4.99 Å². The van der Waals surface area contributed by atoms with Gasteiger partial charge in [0.05, 0.1) is 12.1 Å². The fourth-order valence-electron chi connectivity index (χ4n) is 3.06. The molecule has 1 aromatic carbocycles. The lowest BCUT2D eigenvalue weighted by atomic mass is 10.1. The SMILES string of the molecule is CCNC(=NCCCN1CCC(O)CC1)NC(C)c1ccccc1Br.I. The molecule has 1 aliphatic rings. The van der Waals surface area contributed by atoms with Crippen LogP contribution in [0, 0.1) is 0 Å².